The highest BCUT2D eigenvalue weighted by Crippen LogP contribution is 2.48. The van der Waals surface area contributed by atoms with Crippen LogP contribution in [0.1, 0.15) is 48.6 Å². The number of carbonyl (C=O) groups is 1. The Bertz CT molecular complexity index is 504. The molecule has 0 aromatic carbocycles. The van der Waals surface area contributed by atoms with Crippen LogP contribution in [0, 0.1) is 5.92 Å². The van der Waals surface area contributed by atoms with Crippen molar-refractivity contribution in [3.8, 4) is 0 Å². The molecule has 2 aliphatic carbocycles. The minimum atomic E-state index is 0.354. The highest BCUT2D eigenvalue weighted by Gasteiger charge is 2.41. The monoisotopic (exact) mass is 290 g/mol. The fraction of sp³-hybridized carbons (Fsp3) is 0.688. The van der Waals surface area contributed by atoms with Crippen LogP contribution in [-0.2, 0) is 11.2 Å². The summed E-state index contributed by atoms with van der Waals surface area (Å²) in [4.78, 5) is 16.3. The van der Waals surface area contributed by atoms with Gasteiger partial charge in [-0.25, -0.2) is 0 Å². The molecule has 2 fully saturated rings. The second kappa shape index (κ2) is 5.15. The molecule has 2 heterocycles. The van der Waals surface area contributed by atoms with Gasteiger partial charge in [0.1, 0.15) is 0 Å². The van der Waals surface area contributed by atoms with Gasteiger partial charge in [-0.05, 0) is 55.0 Å². The molecule has 1 unspecified atom stereocenters. The third-order valence-electron chi connectivity index (χ3n) is 4.75. The van der Waals surface area contributed by atoms with E-state index < -0.39 is 0 Å². The Hall–Kier alpha value is -0.870. The topological polar surface area (TPSA) is 32.3 Å². The lowest BCUT2D eigenvalue weighted by Gasteiger charge is -2.36. The maximum Gasteiger partial charge on any atom is 0.224 e. The predicted octanol–water partition coefficient (Wildman–Crippen LogP) is 2.73. The lowest BCUT2D eigenvalue weighted by molar-refractivity contribution is -0.134. The van der Waals surface area contributed by atoms with Crippen molar-refractivity contribution in [3.05, 3.63) is 21.9 Å². The van der Waals surface area contributed by atoms with Gasteiger partial charge in [0.15, 0.2) is 0 Å². The van der Waals surface area contributed by atoms with Crippen molar-refractivity contribution in [2.24, 2.45) is 5.92 Å². The van der Waals surface area contributed by atoms with E-state index in [2.05, 4.69) is 21.7 Å². The van der Waals surface area contributed by atoms with Gasteiger partial charge in [0.2, 0.25) is 5.91 Å². The van der Waals surface area contributed by atoms with Crippen LogP contribution < -0.4 is 5.32 Å². The summed E-state index contributed by atoms with van der Waals surface area (Å²) in [5.41, 5.74) is 1.45. The summed E-state index contributed by atoms with van der Waals surface area (Å²) < 4.78 is 0. The van der Waals surface area contributed by atoms with Gasteiger partial charge in [-0.15, -0.1) is 11.3 Å². The molecule has 1 atom stereocenters. The summed E-state index contributed by atoms with van der Waals surface area (Å²) in [5.74, 6) is 1.08. The lowest BCUT2D eigenvalue weighted by atomic mass is 9.95. The zero-order valence-electron chi connectivity index (χ0n) is 11.8. The van der Waals surface area contributed by atoms with Crippen LogP contribution in [0.2, 0.25) is 0 Å². The molecule has 0 radical (unpaired) electrons. The molecular weight excluding hydrogens is 268 g/mol. The molecule has 1 aromatic heterocycles. The smallest absolute Gasteiger partial charge is 0.224 e. The van der Waals surface area contributed by atoms with Crippen molar-refractivity contribution in [3.63, 3.8) is 0 Å². The quantitative estimate of drug-likeness (QED) is 0.904. The first-order valence-electron chi connectivity index (χ1n) is 7.92. The van der Waals surface area contributed by atoms with Gasteiger partial charge in [-0.1, -0.05) is 0 Å². The fourth-order valence-corrected chi connectivity index (χ4v) is 4.27. The largest absolute Gasteiger partial charge is 0.335 e. The Labute approximate surface area is 124 Å². The molecule has 1 amide bonds. The molecule has 2 saturated carbocycles. The van der Waals surface area contributed by atoms with Crippen molar-refractivity contribution < 1.29 is 4.79 Å². The molecule has 108 valence electrons. The van der Waals surface area contributed by atoms with Crippen LogP contribution in [0.15, 0.2) is 11.4 Å². The molecule has 0 saturated heterocycles. The first-order chi connectivity index (χ1) is 9.83. The number of fused-ring (bicyclic) bond motifs is 1. The average molecular weight is 290 g/mol. The number of nitrogens with zero attached hydrogens (tertiary/aromatic N) is 1. The molecule has 1 N–H and O–H groups in total. The Morgan fingerprint density at radius 2 is 2.20 bits per heavy atom. The Balaban J connectivity index is 1.44. The zero-order valence-corrected chi connectivity index (χ0v) is 12.6. The minimum absolute atomic E-state index is 0.354. The van der Waals surface area contributed by atoms with Gasteiger partial charge in [0.05, 0.1) is 6.04 Å². The van der Waals surface area contributed by atoms with E-state index in [0.29, 0.717) is 24.4 Å². The normalized spacial score (nSPS) is 25.6. The molecule has 3 nitrogen and oxygen atoms in total. The van der Waals surface area contributed by atoms with Gasteiger partial charge in [-0.2, -0.15) is 0 Å². The summed E-state index contributed by atoms with van der Waals surface area (Å²) in [6, 6.07) is 3.34. The molecule has 0 spiro atoms. The molecule has 0 bridgehead atoms. The third kappa shape index (κ3) is 2.51. The van der Waals surface area contributed by atoms with Gasteiger partial charge >= 0.3 is 0 Å². The summed E-state index contributed by atoms with van der Waals surface area (Å²) in [6.07, 6.45) is 6.90. The van der Waals surface area contributed by atoms with Crippen LogP contribution in [0.25, 0.3) is 0 Å². The molecule has 1 aliphatic heterocycles. The molecule has 4 heteroatoms. The van der Waals surface area contributed by atoms with Gasteiger partial charge in [0.25, 0.3) is 0 Å². The highest BCUT2D eigenvalue weighted by molar-refractivity contribution is 7.10. The molecule has 1 aromatic rings. The lowest BCUT2D eigenvalue weighted by Crippen LogP contribution is -2.41. The number of rotatable bonds is 5. The average Bonchev–Trinajstić information content (AvgIpc) is 3.36. The Kier molecular flexibility index (Phi) is 3.31. The first-order valence-corrected chi connectivity index (χ1v) is 8.80. The number of nitrogens with one attached hydrogen (secondary N) is 1. The summed E-state index contributed by atoms with van der Waals surface area (Å²) in [5, 5.41) is 5.65. The number of thiophene rings is 1. The van der Waals surface area contributed by atoms with Crippen LogP contribution in [-0.4, -0.2) is 29.9 Å². The van der Waals surface area contributed by atoms with Gasteiger partial charge < -0.3 is 10.2 Å². The van der Waals surface area contributed by atoms with Crippen LogP contribution >= 0.6 is 11.3 Å². The fourth-order valence-electron chi connectivity index (χ4n) is 3.36. The second-order valence-corrected chi connectivity index (χ2v) is 7.40. The van der Waals surface area contributed by atoms with E-state index in [0.717, 1.165) is 25.4 Å². The molecule has 4 rings (SSSR count). The molecule has 20 heavy (non-hydrogen) atoms. The van der Waals surface area contributed by atoms with E-state index in [1.54, 1.807) is 0 Å². The second-order valence-electron chi connectivity index (χ2n) is 6.40. The van der Waals surface area contributed by atoms with Crippen molar-refractivity contribution in [1.82, 2.24) is 10.2 Å². The van der Waals surface area contributed by atoms with E-state index in [4.69, 9.17) is 0 Å². The Morgan fingerprint density at radius 3 is 2.95 bits per heavy atom. The molecular formula is C16H22N2OS. The number of amides is 1. The summed E-state index contributed by atoms with van der Waals surface area (Å²) >= 11 is 1.87. The predicted molar refractivity (Wildman–Crippen MR) is 80.8 cm³/mol. The van der Waals surface area contributed by atoms with Crippen molar-refractivity contribution in [2.75, 3.05) is 13.1 Å². The van der Waals surface area contributed by atoms with E-state index in [9.17, 15) is 4.79 Å². The number of hydrogen-bond acceptors (Lipinski definition) is 3. The summed E-state index contributed by atoms with van der Waals surface area (Å²) in [7, 11) is 0. The number of hydrogen-bond donors (Lipinski definition) is 1. The zero-order chi connectivity index (χ0) is 13.5. The standard InChI is InChI=1S/C16H22N2OS/c19-15(5-8-17-12-3-4-12)18-9-6-14-13(7-10-20-14)16(18)11-1-2-11/h7,10-12,16-17H,1-6,8-9H2. The maximum absolute atomic E-state index is 12.6. The SMILES string of the molecule is O=C(CCNC1CC1)N1CCc2sccc2C1C1CC1. The first kappa shape index (κ1) is 12.8. The van der Waals surface area contributed by atoms with Crippen molar-refractivity contribution in [1.29, 1.82) is 0 Å². The van der Waals surface area contributed by atoms with Crippen LogP contribution in [0.4, 0.5) is 0 Å². The van der Waals surface area contributed by atoms with E-state index in [-0.39, 0.29) is 0 Å². The number of carbonyl (C=O) groups excluding carboxylic acids is 1. The maximum atomic E-state index is 12.6. The van der Waals surface area contributed by atoms with Crippen LogP contribution in [0.5, 0.6) is 0 Å². The minimum Gasteiger partial charge on any atom is -0.335 e. The van der Waals surface area contributed by atoms with Gasteiger partial charge in [-0.3, -0.25) is 4.79 Å². The van der Waals surface area contributed by atoms with E-state index in [1.807, 2.05) is 11.3 Å². The van der Waals surface area contributed by atoms with Crippen LogP contribution in [0.3, 0.4) is 0 Å². The van der Waals surface area contributed by atoms with Gasteiger partial charge in [0, 0.05) is 30.4 Å². The van der Waals surface area contributed by atoms with Crippen molar-refractivity contribution >= 4 is 17.2 Å². The highest BCUT2D eigenvalue weighted by atomic mass is 32.1. The van der Waals surface area contributed by atoms with E-state index >= 15 is 0 Å². The Morgan fingerprint density at radius 1 is 1.35 bits per heavy atom. The van der Waals surface area contributed by atoms with Crippen molar-refractivity contribution in [2.45, 2.75) is 50.6 Å². The third-order valence-corrected chi connectivity index (χ3v) is 5.75. The summed E-state index contributed by atoms with van der Waals surface area (Å²) in [6.45, 7) is 1.78. The van der Waals surface area contributed by atoms with E-state index in [1.165, 1.54) is 36.1 Å². The molecule has 3 aliphatic rings.